The largest absolute Gasteiger partial charge is 0.303 e. The monoisotopic (exact) mass is 311 g/mol. The highest BCUT2D eigenvalue weighted by molar-refractivity contribution is 7.09. The van der Waals surface area contributed by atoms with Crippen LogP contribution in [0.5, 0.6) is 0 Å². The summed E-state index contributed by atoms with van der Waals surface area (Å²) in [6.45, 7) is 5.08. The van der Waals surface area contributed by atoms with Gasteiger partial charge in [0.15, 0.2) is 0 Å². The second kappa shape index (κ2) is 6.60. The Labute approximate surface area is 136 Å². The minimum atomic E-state index is -0.297. The number of aromatic nitrogens is 1. The highest BCUT2D eigenvalue weighted by atomic mass is 32.1. The average molecular weight is 311 g/mol. The molecular weight excluding hydrogens is 290 g/mol. The number of thiazole rings is 1. The zero-order chi connectivity index (χ0) is 15.4. The van der Waals surface area contributed by atoms with Gasteiger partial charge in [0, 0.05) is 18.3 Å². The third-order valence-electron chi connectivity index (χ3n) is 4.60. The SMILES string of the molecule is Cc1nc(CCN2CCC(C#N)(c3ccccc3)CC2)cs1. The summed E-state index contributed by atoms with van der Waals surface area (Å²) in [5, 5.41) is 13.0. The Morgan fingerprint density at radius 2 is 2.00 bits per heavy atom. The second-order valence-electron chi connectivity index (χ2n) is 6.01. The van der Waals surface area contributed by atoms with Crippen LogP contribution in [0.4, 0.5) is 0 Å². The Kier molecular flexibility index (Phi) is 4.56. The Hall–Kier alpha value is -1.70. The zero-order valence-corrected chi connectivity index (χ0v) is 13.8. The maximum Gasteiger partial charge on any atom is 0.0897 e. The van der Waals surface area contributed by atoms with Crippen molar-refractivity contribution in [1.29, 1.82) is 5.26 Å². The Morgan fingerprint density at radius 1 is 1.27 bits per heavy atom. The minimum absolute atomic E-state index is 0.297. The van der Waals surface area contributed by atoms with E-state index in [1.165, 1.54) is 11.3 Å². The van der Waals surface area contributed by atoms with E-state index in [1.807, 2.05) is 18.2 Å². The van der Waals surface area contributed by atoms with Gasteiger partial charge < -0.3 is 4.90 Å². The molecule has 0 aliphatic carbocycles. The molecule has 0 amide bonds. The van der Waals surface area contributed by atoms with Crippen molar-refractivity contribution in [2.45, 2.75) is 31.6 Å². The molecule has 1 aliphatic rings. The molecule has 1 saturated heterocycles. The molecule has 0 unspecified atom stereocenters. The summed E-state index contributed by atoms with van der Waals surface area (Å²) in [5.74, 6) is 0. The van der Waals surface area contributed by atoms with Crippen molar-refractivity contribution in [3.8, 4) is 6.07 Å². The van der Waals surface area contributed by atoms with Gasteiger partial charge >= 0.3 is 0 Å². The molecule has 4 heteroatoms. The highest BCUT2D eigenvalue weighted by Crippen LogP contribution is 2.34. The third-order valence-corrected chi connectivity index (χ3v) is 5.42. The van der Waals surface area contributed by atoms with Crippen molar-refractivity contribution < 1.29 is 0 Å². The maximum atomic E-state index is 9.71. The number of piperidine rings is 1. The quantitative estimate of drug-likeness (QED) is 0.867. The normalized spacial score (nSPS) is 18.0. The van der Waals surface area contributed by atoms with E-state index in [0.29, 0.717) is 0 Å². The first-order valence-corrected chi connectivity index (χ1v) is 8.70. The van der Waals surface area contributed by atoms with Gasteiger partial charge in [0.05, 0.1) is 22.2 Å². The number of rotatable bonds is 4. The topological polar surface area (TPSA) is 39.9 Å². The molecular formula is C18H21N3S. The molecule has 114 valence electrons. The molecule has 0 spiro atoms. The first-order chi connectivity index (χ1) is 10.7. The smallest absolute Gasteiger partial charge is 0.0897 e. The van der Waals surface area contributed by atoms with Crippen LogP contribution in [-0.4, -0.2) is 29.5 Å². The molecule has 3 rings (SSSR count). The van der Waals surface area contributed by atoms with Crippen LogP contribution in [0.3, 0.4) is 0 Å². The van der Waals surface area contributed by atoms with Crippen molar-refractivity contribution in [1.82, 2.24) is 9.88 Å². The average Bonchev–Trinajstić information content (AvgIpc) is 3.00. The molecule has 0 saturated carbocycles. The lowest BCUT2D eigenvalue weighted by molar-refractivity contribution is 0.187. The van der Waals surface area contributed by atoms with Crippen molar-refractivity contribution >= 4 is 11.3 Å². The van der Waals surface area contributed by atoms with Crippen molar-refractivity contribution in [3.05, 3.63) is 52.0 Å². The van der Waals surface area contributed by atoms with E-state index in [0.717, 1.165) is 43.9 Å². The van der Waals surface area contributed by atoms with E-state index in [-0.39, 0.29) is 5.41 Å². The summed E-state index contributed by atoms with van der Waals surface area (Å²) < 4.78 is 0. The van der Waals surface area contributed by atoms with E-state index in [9.17, 15) is 5.26 Å². The molecule has 1 fully saturated rings. The van der Waals surface area contributed by atoms with Crippen LogP contribution in [-0.2, 0) is 11.8 Å². The second-order valence-corrected chi connectivity index (χ2v) is 7.07. The summed E-state index contributed by atoms with van der Waals surface area (Å²) in [5.41, 5.74) is 2.07. The van der Waals surface area contributed by atoms with Gasteiger partial charge in [0.2, 0.25) is 0 Å². The van der Waals surface area contributed by atoms with Gasteiger partial charge in [0.25, 0.3) is 0 Å². The van der Waals surface area contributed by atoms with Crippen LogP contribution in [0.1, 0.15) is 29.1 Å². The first kappa shape index (κ1) is 15.2. The molecule has 2 aromatic rings. The Balaban J connectivity index is 1.58. The number of benzene rings is 1. The summed E-state index contributed by atoms with van der Waals surface area (Å²) in [7, 11) is 0. The Morgan fingerprint density at radius 3 is 2.59 bits per heavy atom. The summed E-state index contributed by atoms with van der Waals surface area (Å²) >= 11 is 1.72. The predicted octanol–water partition coefficient (Wildman–Crippen LogP) is 3.55. The molecule has 22 heavy (non-hydrogen) atoms. The lowest BCUT2D eigenvalue weighted by atomic mass is 9.74. The molecule has 0 radical (unpaired) electrons. The molecule has 2 heterocycles. The van der Waals surface area contributed by atoms with Crippen LogP contribution in [0, 0.1) is 18.3 Å². The minimum Gasteiger partial charge on any atom is -0.303 e. The molecule has 3 nitrogen and oxygen atoms in total. The standard InChI is InChI=1S/C18H21N3S/c1-15-20-17(13-22-15)7-10-21-11-8-18(14-19,9-12-21)16-5-3-2-4-6-16/h2-6,13H,7-12H2,1H3. The Bertz CT molecular complexity index is 648. The number of hydrogen-bond acceptors (Lipinski definition) is 4. The number of hydrogen-bond donors (Lipinski definition) is 0. The molecule has 1 aromatic carbocycles. The zero-order valence-electron chi connectivity index (χ0n) is 13.0. The van der Waals surface area contributed by atoms with Crippen molar-refractivity contribution in [2.24, 2.45) is 0 Å². The fourth-order valence-corrected chi connectivity index (χ4v) is 3.82. The van der Waals surface area contributed by atoms with Crippen LogP contribution in [0.25, 0.3) is 0 Å². The number of nitriles is 1. The fourth-order valence-electron chi connectivity index (χ4n) is 3.18. The lowest BCUT2D eigenvalue weighted by Crippen LogP contribution is -2.42. The van der Waals surface area contributed by atoms with Crippen molar-refractivity contribution in [2.75, 3.05) is 19.6 Å². The number of likely N-dealkylation sites (tertiary alicyclic amines) is 1. The maximum absolute atomic E-state index is 9.71. The van der Waals surface area contributed by atoms with E-state index in [2.05, 4.69) is 40.4 Å². The van der Waals surface area contributed by atoms with E-state index >= 15 is 0 Å². The van der Waals surface area contributed by atoms with Gasteiger partial charge in [-0.15, -0.1) is 11.3 Å². The van der Waals surface area contributed by atoms with Crippen LogP contribution >= 0.6 is 11.3 Å². The van der Waals surface area contributed by atoms with E-state index < -0.39 is 0 Å². The highest BCUT2D eigenvalue weighted by Gasteiger charge is 2.36. The van der Waals surface area contributed by atoms with Gasteiger partial charge in [-0.3, -0.25) is 0 Å². The van der Waals surface area contributed by atoms with E-state index in [1.54, 1.807) is 11.3 Å². The van der Waals surface area contributed by atoms with Gasteiger partial charge in [0.1, 0.15) is 0 Å². The van der Waals surface area contributed by atoms with Crippen LogP contribution in [0.15, 0.2) is 35.7 Å². The van der Waals surface area contributed by atoms with Gasteiger partial charge in [-0.25, -0.2) is 4.98 Å². The van der Waals surface area contributed by atoms with Crippen LogP contribution in [0.2, 0.25) is 0 Å². The third kappa shape index (κ3) is 3.21. The van der Waals surface area contributed by atoms with Gasteiger partial charge in [-0.05, 0) is 38.4 Å². The van der Waals surface area contributed by atoms with Gasteiger partial charge in [-0.2, -0.15) is 5.26 Å². The van der Waals surface area contributed by atoms with Crippen LogP contribution < -0.4 is 0 Å². The molecule has 1 aliphatic heterocycles. The molecule has 0 atom stereocenters. The number of aryl methyl sites for hydroxylation is 1. The lowest BCUT2D eigenvalue weighted by Gasteiger charge is -2.37. The summed E-state index contributed by atoms with van der Waals surface area (Å²) in [6, 6.07) is 12.9. The molecule has 0 bridgehead atoms. The summed E-state index contributed by atoms with van der Waals surface area (Å²) in [4.78, 5) is 6.99. The summed E-state index contributed by atoms with van der Waals surface area (Å²) in [6.07, 6.45) is 2.85. The predicted molar refractivity (Wildman–Crippen MR) is 90.0 cm³/mol. The fraction of sp³-hybridized carbons (Fsp3) is 0.444. The molecule has 1 aromatic heterocycles. The molecule has 0 N–H and O–H groups in total. The van der Waals surface area contributed by atoms with Gasteiger partial charge in [-0.1, -0.05) is 30.3 Å². The number of nitrogens with zero attached hydrogens (tertiary/aromatic N) is 3. The van der Waals surface area contributed by atoms with E-state index in [4.69, 9.17) is 0 Å². The first-order valence-electron chi connectivity index (χ1n) is 7.82. The van der Waals surface area contributed by atoms with Crippen molar-refractivity contribution in [3.63, 3.8) is 0 Å².